The summed E-state index contributed by atoms with van der Waals surface area (Å²) in [6.07, 6.45) is 4.13. The molecule has 1 unspecified atom stereocenters. The first-order valence-corrected chi connectivity index (χ1v) is 9.95. The molecule has 2 atom stereocenters. The van der Waals surface area contributed by atoms with Crippen molar-refractivity contribution in [2.24, 2.45) is 11.7 Å². The number of piperazine rings is 1. The molecule has 3 N–H and O–H groups in total. The van der Waals surface area contributed by atoms with E-state index in [9.17, 15) is 9.90 Å². The van der Waals surface area contributed by atoms with Crippen LogP contribution < -0.4 is 5.73 Å². The number of pyridine rings is 1. The zero-order valence-electron chi connectivity index (χ0n) is 16.3. The molecule has 3 rings (SSSR count). The lowest BCUT2D eigenvalue weighted by molar-refractivity contribution is -0.122. The van der Waals surface area contributed by atoms with Gasteiger partial charge in [0.25, 0.3) is 0 Å². The maximum absolute atomic E-state index is 11.8. The Labute approximate surface area is 167 Å². The fourth-order valence-electron chi connectivity index (χ4n) is 3.78. The van der Waals surface area contributed by atoms with Crippen molar-refractivity contribution < 1.29 is 9.90 Å². The molecule has 1 amide bonds. The third kappa shape index (κ3) is 6.41. The minimum absolute atomic E-state index is 0.343. The Bertz CT molecular complexity index is 718. The van der Waals surface area contributed by atoms with E-state index in [1.807, 2.05) is 42.6 Å². The van der Waals surface area contributed by atoms with Crippen LogP contribution in [-0.4, -0.2) is 64.6 Å². The molecule has 1 fully saturated rings. The lowest BCUT2D eigenvalue weighted by Crippen LogP contribution is -2.48. The van der Waals surface area contributed by atoms with E-state index in [0.29, 0.717) is 19.4 Å². The summed E-state index contributed by atoms with van der Waals surface area (Å²) >= 11 is 0. The van der Waals surface area contributed by atoms with Gasteiger partial charge in [-0.2, -0.15) is 0 Å². The van der Waals surface area contributed by atoms with Crippen LogP contribution in [0.5, 0.6) is 0 Å². The van der Waals surface area contributed by atoms with E-state index in [2.05, 4.69) is 20.9 Å². The zero-order valence-corrected chi connectivity index (χ0v) is 16.3. The molecule has 0 spiro atoms. The summed E-state index contributed by atoms with van der Waals surface area (Å²) in [5.41, 5.74) is 7.88. The van der Waals surface area contributed by atoms with Gasteiger partial charge in [-0.05, 0) is 30.0 Å². The maximum atomic E-state index is 11.8. The van der Waals surface area contributed by atoms with Crippen molar-refractivity contribution in [3.63, 3.8) is 0 Å². The topological polar surface area (TPSA) is 82.7 Å². The van der Waals surface area contributed by atoms with Crippen LogP contribution in [0.2, 0.25) is 0 Å². The lowest BCUT2D eigenvalue weighted by Gasteiger charge is -2.35. The van der Waals surface area contributed by atoms with Crippen molar-refractivity contribution in [3.05, 3.63) is 66.0 Å². The molecule has 1 aliphatic rings. The fraction of sp³-hybridized carbons (Fsp3) is 0.455. The molecule has 1 aromatic carbocycles. The monoisotopic (exact) mass is 382 g/mol. The van der Waals surface area contributed by atoms with Gasteiger partial charge < -0.3 is 10.8 Å². The molecule has 28 heavy (non-hydrogen) atoms. The molecule has 2 heterocycles. The van der Waals surface area contributed by atoms with Crippen molar-refractivity contribution >= 4 is 5.91 Å². The largest absolute Gasteiger partial charge is 0.392 e. The number of nitrogens with zero attached hydrogens (tertiary/aromatic N) is 3. The average Bonchev–Trinajstić information content (AvgIpc) is 2.70. The highest BCUT2D eigenvalue weighted by Crippen LogP contribution is 2.16. The summed E-state index contributed by atoms with van der Waals surface area (Å²) in [4.78, 5) is 20.7. The summed E-state index contributed by atoms with van der Waals surface area (Å²) in [6.45, 7) is 5.24. The van der Waals surface area contributed by atoms with Crippen LogP contribution in [0.4, 0.5) is 0 Å². The Morgan fingerprint density at radius 1 is 1.04 bits per heavy atom. The fourth-order valence-corrected chi connectivity index (χ4v) is 3.78. The number of carbonyl (C=O) groups is 1. The number of carbonyl (C=O) groups excluding carboxylic acids is 1. The van der Waals surface area contributed by atoms with Gasteiger partial charge in [-0.1, -0.05) is 36.4 Å². The van der Waals surface area contributed by atoms with E-state index >= 15 is 0 Å². The number of aliphatic hydroxyl groups excluding tert-OH is 1. The molecule has 150 valence electrons. The number of hydrogen-bond donors (Lipinski definition) is 2. The number of aliphatic hydroxyl groups is 1. The van der Waals surface area contributed by atoms with Crippen molar-refractivity contribution in [1.82, 2.24) is 14.8 Å². The molecule has 1 aliphatic heterocycles. The predicted molar refractivity (Wildman–Crippen MR) is 109 cm³/mol. The van der Waals surface area contributed by atoms with Crippen LogP contribution in [0.25, 0.3) is 0 Å². The summed E-state index contributed by atoms with van der Waals surface area (Å²) in [5, 5.41) is 10.5. The number of hydrogen-bond acceptors (Lipinski definition) is 5. The van der Waals surface area contributed by atoms with Crippen LogP contribution in [0.3, 0.4) is 0 Å². The first-order valence-electron chi connectivity index (χ1n) is 9.95. The quantitative estimate of drug-likeness (QED) is 0.683. The Morgan fingerprint density at radius 2 is 1.71 bits per heavy atom. The van der Waals surface area contributed by atoms with Gasteiger partial charge in [0.15, 0.2) is 0 Å². The first-order chi connectivity index (χ1) is 13.6. The van der Waals surface area contributed by atoms with Crippen molar-refractivity contribution in [2.45, 2.75) is 25.5 Å². The summed E-state index contributed by atoms with van der Waals surface area (Å²) in [6, 6.07) is 13.9. The number of nitrogens with two attached hydrogens (primary N) is 1. The highest BCUT2D eigenvalue weighted by Gasteiger charge is 2.24. The van der Waals surface area contributed by atoms with Crippen LogP contribution in [-0.2, 0) is 17.8 Å². The van der Waals surface area contributed by atoms with E-state index in [4.69, 9.17) is 5.73 Å². The molecule has 0 saturated carbocycles. The van der Waals surface area contributed by atoms with Crippen LogP contribution in [0, 0.1) is 5.92 Å². The number of primary amides is 1. The van der Waals surface area contributed by atoms with Gasteiger partial charge in [-0.25, -0.2) is 0 Å². The van der Waals surface area contributed by atoms with Gasteiger partial charge in [0, 0.05) is 57.6 Å². The second-order valence-electron chi connectivity index (χ2n) is 7.62. The van der Waals surface area contributed by atoms with Crippen LogP contribution >= 0.6 is 0 Å². The molecular weight excluding hydrogens is 352 g/mol. The second-order valence-corrected chi connectivity index (χ2v) is 7.62. The zero-order chi connectivity index (χ0) is 19.8. The maximum Gasteiger partial charge on any atom is 0.220 e. The number of benzene rings is 1. The van der Waals surface area contributed by atoms with Gasteiger partial charge in [-0.15, -0.1) is 0 Å². The Kier molecular flexibility index (Phi) is 7.54. The van der Waals surface area contributed by atoms with Crippen molar-refractivity contribution in [2.75, 3.05) is 32.7 Å². The standard InChI is InChI=1S/C22H30N4O2/c23-22(28)20(13-18-5-2-1-3-6-18)14-21(27)17-26-11-9-25(10-12-26)16-19-7-4-8-24-15-19/h1-8,15,20-21,27H,9-14,16-17H2,(H2,23,28)/t20?,21-/m0/s1. The summed E-state index contributed by atoms with van der Waals surface area (Å²) < 4.78 is 0. The second kappa shape index (κ2) is 10.3. The van der Waals surface area contributed by atoms with Gasteiger partial charge in [0.05, 0.1) is 6.10 Å². The van der Waals surface area contributed by atoms with E-state index in [0.717, 1.165) is 38.3 Å². The molecular formula is C22H30N4O2. The minimum Gasteiger partial charge on any atom is -0.392 e. The molecule has 0 aliphatic carbocycles. The smallest absolute Gasteiger partial charge is 0.220 e. The highest BCUT2D eigenvalue weighted by molar-refractivity contribution is 5.77. The molecule has 1 saturated heterocycles. The third-order valence-corrected chi connectivity index (χ3v) is 5.35. The average molecular weight is 383 g/mol. The van der Waals surface area contributed by atoms with Gasteiger partial charge in [0.2, 0.25) is 5.91 Å². The van der Waals surface area contributed by atoms with Gasteiger partial charge in [0.1, 0.15) is 0 Å². The summed E-state index contributed by atoms with van der Waals surface area (Å²) in [5.74, 6) is -0.687. The molecule has 1 aromatic heterocycles. The minimum atomic E-state index is -0.550. The number of aromatic nitrogens is 1. The third-order valence-electron chi connectivity index (χ3n) is 5.35. The SMILES string of the molecule is NC(=O)C(Cc1ccccc1)C[C@H](O)CN1CCN(Cc2cccnc2)CC1. The molecule has 6 nitrogen and oxygen atoms in total. The van der Waals surface area contributed by atoms with E-state index in [1.165, 1.54) is 5.56 Å². The number of amides is 1. The molecule has 6 heteroatoms. The van der Waals surface area contributed by atoms with Crippen LogP contribution in [0.15, 0.2) is 54.9 Å². The molecule has 2 aromatic rings. The van der Waals surface area contributed by atoms with E-state index < -0.39 is 6.10 Å². The normalized spacial score (nSPS) is 17.9. The Hall–Kier alpha value is -2.28. The van der Waals surface area contributed by atoms with Crippen molar-refractivity contribution in [1.29, 1.82) is 0 Å². The Morgan fingerprint density at radius 3 is 2.36 bits per heavy atom. The van der Waals surface area contributed by atoms with E-state index in [-0.39, 0.29) is 11.8 Å². The predicted octanol–water partition coefficient (Wildman–Crippen LogP) is 1.29. The molecule has 0 radical (unpaired) electrons. The first kappa shape index (κ1) is 20.5. The number of rotatable bonds is 9. The van der Waals surface area contributed by atoms with Gasteiger partial charge >= 0.3 is 0 Å². The van der Waals surface area contributed by atoms with Crippen molar-refractivity contribution in [3.8, 4) is 0 Å². The van der Waals surface area contributed by atoms with E-state index in [1.54, 1.807) is 6.20 Å². The lowest BCUT2D eigenvalue weighted by atomic mass is 9.93. The van der Waals surface area contributed by atoms with Crippen LogP contribution in [0.1, 0.15) is 17.5 Å². The Balaban J connectivity index is 1.43. The molecule has 0 bridgehead atoms. The highest BCUT2D eigenvalue weighted by atomic mass is 16.3. The summed E-state index contributed by atoms with van der Waals surface area (Å²) in [7, 11) is 0. The number of β-amino-alcohol motifs (C(OH)–C–C–N with tert-alkyl or cyclic N) is 1. The van der Waals surface area contributed by atoms with Gasteiger partial charge in [-0.3, -0.25) is 19.6 Å².